The van der Waals surface area contributed by atoms with E-state index in [0.29, 0.717) is 17.8 Å². The van der Waals surface area contributed by atoms with Crippen LogP contribution >= 0.6 is 12.2 Å². The van der Waals surface area contributed by atoms with Crippen LogP contribution in [0.25, 0.3) is 0 Å². The highest BCUT2D eigenvalue weighted by Gasteiger charge is 2.16. The summed E-state index contributed by atoms with van der Waals surface area (Å²) in [5.74, 6) is 0.652. The molecule has 0 saturated heterocycles. The Hall–Kier alpha value is -2.80. The van der Waals surface area contributed by atoms with Crippen molar-refractivity contribution in [1.82, 2.24) is 5.43 Å². The number of carbonyl (C=O) groups is 1. The van der Waals surface area contributed by atoms with Crippen molar-refractivity contribution in [3.05, 3.63) is 48.5 Å². The van der Waals surface area contributed by atoms with Gasteiger partial charge in [0, 0.05) is 0 Å². The van der Waals surface area contributed by atoms with E-state index >= 15 is 0 Å². The van der Waals surface area contributed by atoms with Crippen molar-refractivity contribution in [3.8, 4) is 5.75 Å². The minimum absolute atomic E-state index is 0.185. The molecule has 0 radical (unpaired) electrons. The number of hydrogen-bond donors (Lipinski definition) is 3. The minimum atomic E-state index is 0.185. The molecule has 2 aromatic rings. The number of ether oxygens (including phenoxy) is 1. The number of rotatable bonds is 6. The zero-order valence-electron chi connectivity index (χ0n) is 11.9. The van der Waals surface area contributed by atoms with E-state index in [4.69, 9.17) is 22.7 Å². The zero-order chi connectivity index (χ0) is 15.9. The molecule has 0 fully saturated rings. The summed E-state index contributed by atoms with van der Waals surface area (Å²) >= 11 is 5.18. The van der Waals surface area contributed by atoms with Crippen LogP contribution in [-0.2, 0) is 4.79 Å². The van der Waals surface area contributed by atoms with Gasteiger partial charge in [-0.2, -0.15) is 0 Å². The van der Waals surface area contributed by atoms with E-state index in [0.717, 1.165) is 11.4 Å². The van der Waals surface area contributed by atoms with Crippen molar-refractivity contribution in [3.63, 3.8) is 0 Å². The quantitative estimate of drug-likeness (QED) is 0.430. The molecule has 6 nitrogen and oxygen atoms in total. The summed E-state index contributed by atoms with van der Waals surface area (Å²) in [4.78, 5) is 12.1. The highest BCUT2D eigenvalue weighted by Crippen LogP contribution is 2.34. The van der Waals surface area contributed by atoms with Gasteiger partial charge >= 0.3 is 0 Å². The van der Waals surface area contributed by atoms with Crippen LogP contribution in [0.15, 0.2) is 48.5 Å². The maximum atomic E-state index is 10.4. The molecule has 0 saturated carbocycles. The first-order valence-corrected chi connectivity index (χ1v) is 6.86. The second-order valence-corrected chi connectivity index (χ2v) is 4.70. The molecule has 22 heavy (non-hydrogen) atoms. The Morgan fingerprint density at radius 3 is 2.73 bits per heavy atom. The third-order valence-corrected chi connectivity index (χ3v) is 3.11. The van der Waals surface area contributed by atoms with Crippen LogP contribution in [0.2, 0.25) is 0 Å². The van der Waals surface area contributed by atoms with Crippen LogP contribution in [0, 0.1) is 0 Å². The number of methoxy groups -OCH3 is 1. The van der Waals surface area contributed by atoms with Crippen molar-refractivity contribution in [2.24, 2.45) is 5.73 Å². The molecular weight excluding hydrogens is 300 g/mol. The summed E-state index contributed by atoms with van der Waals surface area (Å²) in [5.41, 5.74) is 13.2. The van der Waals surface area contributed by atoms with Crippen LogP contribution in [0.5, 0.6) is 5.75 Å². The van der Waals surface area contributed by atoms with E-state index in [1.807, 2.05) is 42.5 Å². The number of amides is 1. The number of hydrogen-bond acceptors (Lipinski definition) is 4. The van der Waals surface area contributed by atoms with E-state index in [1.165, 1.54) is 0 Å². The molecule has 7 heteroatoms. The number of hydrazine groups is 1. The maximum absolute atomic E-state index is 10.4. The van der Waals surface area contributed by atoms with Crippen LogP contribution in [0.1, 0.15) is 0 Å². The zero-order valence-corrected chi connectivity index (χ0v) is 12.8. The third kappa shape index (κ3) is 3.44. The lowest BCUT2D eigenvalue weighted by molar-refractivity contribution is -0.109. The number of benzene rings is 2. The largest absolute Gasteiger partial charge is 0.495 e. The normalized spacial score (nSPS) is 9.68. The molecule has 1 amide bonds. The number of carbonyl (C=O) groups excluding carboxylic acids is 1. The molecule has 0 aliphatic heterocycles. The standard InChI is InChI=1S/C15H16N4O2S/c1-21-14-8-3-2-7-13(14)19(15(16)22)12-6-4-5-11(9-12)18-17-10-20/h2-10,18H,1H3,(H2,16,22)(H,17,20). The Balaban J connectivity index is 2.44. The van der Waals surface area contributed by atoms with E-state index in [2.05, 4.69) is 10.9 Å². The number of para-hydroxylation sites is 2. The van der Waals surface area contributed by atoms with Crippen molar-refractivity contribution >= 4 is 40.8 Å². The SMILES string of the molecule is COc1ccccc1N(C(N)=S)c1cccc(NNC=O)c1. The van der Waals surface area contributed by atoms with Gasteiger partial charge in [-0.3, -0.25) is 20.5 Å². The first kappa shape index (κ1) is 15.6. The first-order valence-electron chi connectivity index (χ1n) is 6.45. The monoisotopic (exact) mass is 316 g/mol. The third-order valence-electron chi connectivity index (χ3n) is 2.93. The van der Waals surface area contributed by atoms with Crippen LogP contribution in [-0.4, -0.2) is 18.6 Å². The van der Waals surface area contributed by atoms with Crippen molar-refractivity contribution in [1.29, 1.82) is 0 Å². The van der Waals surface area contributed by atoms with Gasteiger partial charge in [-0.1, -0.05) is 18.2 Å². The smallest absolute Gasteiger partial charge is 0.225 e. The summed E-state index contributed by atoms with van der Waals surface area (Å²) in [7, 11) is 1.59. The fourth-order valence-electron chi connectivity index (χ4n) is 2.04. The number of nitrogens with two attached hydrogens (primary N) is 1. The lowest BCUT2D eigenvalue weighted by atomic mass is 10.2. The molecule has 114 valence electrons. The molecule has 0 aliphatic rings. The summed E-state index contributed by atoms with van der Waals surface area (Å²) in [6, 6.07) is 14.7. The van der Waals surface area contributed by atoms with Crippen LogP contribution < -0.4 is 26.2 Å². The Kier molecular flexibility index (Phi) is 5.16. The molecule has 2 aromatic carbocycles. The second-order valence-electron chi connectivity index (χ2n) is 4.28. The molecule has 0 aromatic heterocycles. The molecule has 0 bridgehead atoms. The predicted octanol–water partition coefficient (Wildman–Crippen LogP) is 2.15. The van der Waals surface area contributed by atoms with Gasteiger partial charge in [0.2, 0.25) is 6.41 Å². The lowest BCUT2D eigenvalue weighted by Crippen LogP contribution is -2.31. The molecule has 0 atom stereocenters. The summed E-state index contributed by atoms with van der Waals surface area (Å²) in [6.45, 7) is 0. The van der Waals surface area contributed by atoms with Gasteiger partial charge in [-0.05, 0) is 42.5 Å². The lowest BCUT2D eigenvalue weighted by Gasteiger charge is -2.25. The van der Waals surface area contributed by atoms with Crippen molar-refractivity contribution in [2.75, 3.05) is 17.4 Å². The number of anilines is 3. The fourth-order valence-corrected chi connectivity index (χ4v) is 2.24. The van der Waals surface area contributed by atoms with Gasteiger partial charge in [0.15, 0.2) is 5.11 Å². The van der Waals surface area contributed by atoms with Gasteiger partial charge in [0.05, 0.1) is 24.2 Å². The summed E-state index contributed by atoms with van der Waals surface area (Å²) in [5, 5.41) is 0.185. The molecule has 4 N–H and O–H groups in total. The van der Waals surface area contributed by atoms with Crippen molar-refractivity contribution < 1.29 is 9.53 Å². The average molecular weight is 316 g/mol. The van der Waals surface area contributed by atoms with Gasteiger partial charge in [-0.25, -0.2) is 0 Å². The molecule has 0 unspecified atom stereocenters. The molecular formula is C15H16N4O2S. The highest BCUT2D eigenvalue weighted by atomic mass is 32.1. The minimum Gasteiger partial charge on any atom is -0.495 e. The molecule has 0 aliphatic carbocycles. The fraction of sp³-hybridized carbons (Fsp3) is 0.0667. The molecule has 0 spiro atoms. The summed E-state index contributed by atoms with van der Waals surface area (Å²) in [6.07, 6.45) is 0.554. The van der Waals surface area contributed by atoms with Gasteiger partial charge in [0.1, 0.15) is 5.75 Å². The van der Waals surface area contributed by atoms with E-state index in [9.17, 15) is 4.79 Å². The first-order chi connectivity index (χ1) is 10.7. The maximum Gasteiger partial charge on any atom is 0.225 e. The Morgan fingerprint density at radius 2 is 2.05 bits per heavy atom. The predicted molar refractivity (Wildman–Crippen MR) is 91.2 cm³/mol. The Labute approximate surface area is 133 Å². The van der Waals surface area contributed by atoms with E-state index in [-0.39, 0.29) is 5.11 Å². The van der Waals surface area contributed by atoms with E-state index in [1.54, 1.807) is 18.1 Å². The van der Waals surface area contributed by atoms with Gasteiger partial charge in [0.25, 0.3) is 0 Å². The molecule has 0 heterocycles. The number of thiocarbonyl (C=S) groups is 1. The number of nitrogens with zero attached hydrogens (tertiary/aromatic N) is 1. The van der Waals surface area contributed by atoms with E-state index < -0.39 is 0 Å². The Morgan fingerprint density at radius 1 is 1.27 bits per heavy atom. The van der Waals surface area contributed by atoms with Crippen LogP contribution in [0.3, 0.4) is 0 Å². The number of nitrogens with one attached hydrogen (secondary N) is 2. The van der Waals surface area contributed by atoms with Gasteiger partial charge in [-0.15, -0.1) is 0 Å². The van der Waals surface area contributed by atoms with Gasteiger partial charge < -0.3 is 10.5 Å². The molecule has 2 rings (SSSR count). The Bertz CT molecular complexity index is 678. The van der Waals surface area contributed by atoms with Crippen molar-refractivity contribution in [2.45, 2.75) is 0 Å². The summed E-state index contributed by atoms with van der Waals surface area (Å²) < 4.78 is 5.36. The van der Waals surface area contributed by atoms with Crippen LogP contribution in [0.4, 0.5) is 17.1 Å². The topological polar surface area (TPSA) is 79.6 Å². The second kappa shape index (κ2) is 7.28. The highest BCUT2D eigenvalue weighted by molar-refractivity contribution is 7.80. The average Bonchev–Trinajstić information content (AvgIpc) is 2.53.